The molecule has 1 saturated carbocycles. The summed E-state index contributed by atoms with van der Waals surface area (Å²) in [5.41, 5.74) is -0.754. The summed E-state index contributed by atoms with van der Waals surface area (Å²) in [5.74, 6) is -1.02. The summed E-state index contributed by atoms with van der Waals surface area (Å²) in [6.45, 7) is 0. The average Bonchev–Trinajstić information content (AvgIpc) is 2.90. The first-order valence-corrected chi connectivity index (χ1v) is 3.91. The van der Waals surface area contributed by atoms with Gasteiger partial charge in [-0.15, -0.1) is 0 Å². The molecular weight excluding hydrogens is 188 g/mol. The topological polar surface area (TPSA) is 115 Å². The molecule has 14 heavy (non-hydrogen) atoms. The van der Waals surface area contributed by atoms with Crippen molar-refractivity contribution in [1.29, 1.82) is 5.26 Å². The third kappa shape index (κ3) is 2.75. The minimum Gasteiger partial charge on any atom is -0.410 e. The zero-order valence-corrected chi connectivity index (χ0v) is 7.15. The van der Waals surface area contributed by atoms with Gasteiger partial charge in [-0.1, -0.05) is 5.16 Å². The maximum absolute atomic E-state index is 11.0. The Hall–Kier alpha value is -2.10. The van der Waals surface area contributed by atoms with Crippen molar-refractivity contribution in [2.45, 2.75) is 18.9 Å². The van der Waals surface area contributed by atoms with Crippen LogP contribution in [0.4, 0.5) is 4.79 Å². The fraction of sp³-hybridized carbons (Fsp3) is 0.429. The van der Waals surface area contributed by atoms with Crippen LogP contribution in [0.1, 0.15) is 12.8 Å². The number of hydrogen-bond donors (Lipinski definition) is 3. The molecule has 1 aliphatic rings. The van der Waals surface area contributed by atoms with Gasteiger partial charge < -0.3 is 10.5 Å². The number of hydrogen-bond acceptors (Lipinski definition) is 5. The van der Waals surface area contributed by atoms with Crippen LogP contribution in [0, 0.1) is 11.3 Å². The molecule has 7 heteroatoms. The third-order valence-electron chi connectivity index (χ3n) is 1.56. The standard InChI is InChI=1S/C7H8N4O3/c8-3-5(11-14)6(12)10-7(13)9-4-1-2-4/h4,14H,1-2H2,(H2,9,10,12,13). The largest absolute Gasteiger partial charge is 0.410 e. The molecule has 0 bridgehead atoms. The molecule has 0 aromatic rings. The first kappa shape index (κ1) is 9.98. The highest BCUT2D eigenvalue weighted by Crippen LogP contribution is 2.18. The van der Waals surface area contributed by atoms with Crippen molar-refractivity contribution < 1.29 is 14.8 Å². The van der Waals surface area contributed by atoms with Crippen molar-refractivity contribution >= 4 is 17.6 Å². The van der Waals surface area contributed by atoms with E-state index < -0.39 is 17.6 Å². The van der Waals surface area contributed by atoms with Gasteiger partial charge in [0.05, 0.1) is 0 Å². The Bertz CT molecular complexity index is 326. The minimum atomic E-state index is -1.02. The summed E-state index contributed by atoms with van der Waals surface area (Å²) in [6.07, 6.45) is 1.78. The second-order valence-electron chi connectivity index (χ2n) is 2.76. The number of carbonyl (C=O) groups is 2. The van der Waals surface area contributed by atoms with Crippen LogP contribution in [0.25, 0.3) is 0 Å². The number of amides is 3. The molecule has 1 rings (SSSR count). The highest BCUT2D eigenvalue weighted by molar-refractivity contribution is 6.46. The lowest BCUT2D eigenvalue weighted by molar-refractivity contribution is -0.113. The number of urea groups is 1. The van der Waals surface area contributed by atoms with E-state index in [0.29, 0.717) is 0 Å². The number of nitrogens with zero attached hydrogens (tertiary/aromatic N) is 2. The molecule has 1 fully saturated rings. The van der Waals surface area contributed by atoms with Gasteiger partial charge in [0.2, 0.25) is 5.71 Å². The molecule has 0 aliphatic heterocycles. The highest BCUT2D eigenvalue weighted by Gasteiger charge is 2.24. The maximum atomic E-state index is 11.0. The molecule has 3 N–H and O–H groups in total. The first-order valence-electron chi connectivity index (χ1n) is 3.91. The Kier molecular flexibility index (Phi) is 3.01. The summed E-state index contributed by atoms with van der Waals surface area (Å²) < 4.78 is 0. The van der Waals surface area contributed by atoms with E-state index in [1.54, 1.807) is 0 Å². The summed E-state index contributed by atoms with van der Waals surface area (Å²) in [5, 5.41) is 23.2. The van der Waals surface area contributed by atoms with Gasteiger partial charge in [0.15, 0.2) is 0 Å². The van der Waals surface area contributed by atoms with E-state index in [9.17, 15) is 9.59 Å². The molecule has 0 saturated heterocycles. The van der Waals surface area contributed by atoms with E-state index in [4.69, 9.17) is 10.5 Å². The first-order chi connectivity index (χ1) is 6.67. The van der Waals surface area contributed by atoms with E-state index in [0.717, 1.165) is 12.8 Å². The van der Waals surface area contributed by atoms with Crippen molar-refractivity contribution in [1.82, 2.24) is 10.6 Å². The second-order valence-corrected chi connectivity index (χ2v) is 2.76. The minimum absolute atomic E-state index is 0.111. The predicted octanol–water partition coefficient (Wildman–Crippen LogP) is -0.672. The van der Waals surface area contributed by atoms with Crippen LogP contribution in [0.15, 0.2) is 5.16 Å². The normalized spacial score (nSPS) is 15.5. The lowest BCUT2D eigenvalue weighted by atomic mass is 10.4. The van der Waals surface area contributed by atoms with Crippen molar-refractivity contribution in [3.05, 3.63) is 0 Å². The summed E-state index contributed by atoms with van der Waals surface area (Å²) in [7, 11) is 0. The van der Waals surface area contributed by atoms with Gasteiger partial charge in [-0.2, -0.15) is 5.26 Å². The van der Waals surface area contributed by atoms with Gasteiger partial charge in [0.25, 0.3) is 5.91 Å². The number of imide groups is 1. The zero-order chi connectivity index (χ0) is 10.6. The number of nitriles is 1. The van der Waals surface area contributed by atoms with Crippen LogP contribution in [0.3, 0.4) is 0 Å². The molecule has 0 aromatic heterocycles. The lowest BCUT2D eigenvalue weighted by Gasteiger charge is -2.02. The van der Waals surface area contributed by atoms with Crippen molar-refractivity contribution in [2.24, 2.45) is 5.16 Å². The molecule has 0 spiro atoms. The quantitative estimate of drug-likeness (QED) is 0.308. The molecule has 1 aliphatic carbocycles. The summed E-state index contributed by atoms with van der Waals surface area (Å²) in [4.78, 5) is 21.9. The smallest absolute Gasteiger partial charge is 0.321 e. The summed E-state index contributed by atoms with van der Waals surface area (Å²) in [6, 6.07) is 0.758. The van der Waals surface area contributed by atoms with E-state index in [2.05, 4.69) is 10.5 Å². The van der Waals surface area contributed by atoms with Crippen LogP contribution in [-0.2, 0) is 4.79 Å². The van der Waals surface area contributed by atoms with E-state index >= 15 is 0 Å². The molecule has 0 radical (unpaired) electrons. The third-order valence-corrected chi connectivity index (χ3v) is 1.56. The zero-order valence-electron chi connectivity index (χ0n) is 7.15. The lowest BCUT2D eigenvalue weighted by Crippen LogP contribution is -2.43. The molecule has 0 heterocycles. The van der Waals surface area contributed by atoms with Crippen LogP contribution < -0.4 is 10.6 Å². The molecule has 0 aromatic carbocycles. The van der Waals surface area contributed by atoms with Gasteiger partial charge in [0, 0.05) is 6.04 Å². The van der Waals surface area contributed by atoms with Crippen LogP contribution in [0.2, 0.25) is 0 Å². The van der Waals surface area contributed by atoms with Crippen molar-refractivity contribution in [3.63, 3.8) is 0 Å². The average molecular weight is 196 g/mol. The highest BCUT2D eigenvalue weighted by atomic mass is 16.4. The van der Waals surface area contributed by atoms with Crippen molar-refractivity contribution in [2.75, 3.05) is 0 Å². The van der Waals surface area contributed by atoms with E-state index in [1.807, 2.05) is 5.32 Å². The molecule has 0 unspecified atom stereocenters. The maximum Gasteiger partial charge on any atom is 0.321 e. The fourth-order valence-corrected chi connectivity index (χ4v) is 0.730. The molecule has 0 atom stereocenters. The van der Waals surface area contributed by atoms with E-state index in [-0.39, 0.29) is 6.04 Å². The van der Waals surface area contributed by atoms with Crippen molar-refractivity contribution in [3.8, 4) is 6.07 Å². The molecule has 7 nitrogen and oxygen atoms in total. The molecular formula is C7H8N4O3. The van der Waals surface area contributed by atoms with Gasteiger partial charge in [-0.3, -0.25) is 10.1 Å². The SMILES string of the molecule is N#CC(=NO)C(=O)NC(=O)NC1CC1. The Morgan fingerprint density at radius 2 is 2.14 bits per heavy atom. The Morgan fingerprint density at radius 3 is 2.57 bits per heavy atom. The van der Waals surface area contributed by atoms with Crippen LogP contribution in [-0.4, -0.2) is 28.9 Å². The van der Waals surface area contributed by atoms with Gasteiger partial charge in [-0.25, -0.2) is 4.79 Å². The number of oxime groups is 1. The van der Waals surface area contributed by atoms with Gasteiger partial charge in [-0.05, 0) is 12.8 Å². The van der Waals surface area contributed by atoms with E-state index in [1.165, 1.54) is 6.07 Å². The van der Waals surface area contributed by atoms with Crippen LogP contribution in [0.5, 0.6) is 0 Å². The summed E-state index contributed by atoms with van der Waals surface area (Å²) >= 11 is 0. The number of nitrogens with one attached hydrogen (secondary N) is 2. The predicted molar refractivity (Wildman–Crippen MR) is 44.5 cm³/mol. The Balaban J connectivity index is 2.39. The number of carbonyl (C=O) groups excluding carboxylic acids is 2. The Labute approximate surface area is 79.4 Å². The Morgan fingerprint density at radius 1 is 1.50 bits per heavy atom. The van der Waals surface area contributed by atoms with Gasteiger partial charge >= 0.3 is 6.03 Å². The fourth-order valence-electron chi connectivity index (χ4n) is 0.730. The second kappa shape index (κ2) is 4.23. The molecule has 74 valence electrons. The van der Waals surface area contributed by atoms with Gasteiger partial charge in [0.1, 0.15) is 6.07 Å². The number of rotatable bonds is 2. The van der Waals surface area contributed by atoms with Crippen LogP contribution >= 0.6 is 0 Å². The monoisotopic (exact) mass is 196 g/mol. The molecule has 3 amide bonds.